The van der Waals surface area contributed by atoms with E-state index in [1.54, 1.807) is 18.5 Å². The maximum absolute atomic E-state index is 12.0. The number of piperidine rings is 1. The quantitative estimate of drug-likeness (QED) is 0.449. The Kier molecular flexibility index (Phi) is 6.93. The molecule has 1 aliphatic carbocycles. The Labute approximate surface area is 207 Å². The van der Waals surface area contributed by atoms with E-state index < -0.39 is 0 Å². The highest BCUT2D eigenvalue weighted by atomic mass is 35.5. The molecule has 0 amide bonds. The molecule has 2 aliphatic rings. The van der Waals surface area contributed by atoms with Gasteiger partial charge in [0.25, 0.3) is 0 Å². The topological polar surface area (TPSA) is 120 Å². The van der Waals surface area contributed by atoms with Gasteiger partial charge in [-0.15, -0.1) is 0 Å². The van der Waals surface area contributed by atoms with Crippen LogP contribution in [0.2, 0.25) is 10.2 Å². The number of pyridine rings is 1. The highest BCUT2D eigenvalue weighted by Crippen LogP contribution is 2.46. The Morgan fingerprint density at radius 2 is 2.00 bits per heavy atom. The van der Waals surface area contributed by atoms with Gasteiger partial charge in [0.1, 0.15) is 22.1 Å². The second-order valence-electron chi connectivity index (χ2n) is 8.66. The standard InChI is InChI=1S/C22H26Cl2N6O2S/c1-12(2)21(31)32-13-9-15(25)22(10-13)4-7-30(8-5-22)16-11-28-20(19(26)29-16)33-14-3-6-27-18(24)17(14)23/h3,6,9,11-13H,4-5,7-8,10,25H2,1-2H3,(H2,26,29)/t13-/m1/s1. The predicted octanol–water partition coefficient (Wildman–Crippen LogP) is 4.31. The smallest absolute Gasteiger partial charge is 0.308 e. The highest BCUT2D eigenvalue weighted by molar-refractivity contribution is 7.99. The molecule has 1 atom stereocenters. The normalized spacial score (nSPS) is 19.7. The van der Waals surface area contributed by atoms with Gasteiger partial charge in [0.2, 0.25) is 0 Å². The summed E-state index contributed by atoms with van der Waals surface area (Å²) >= 11 is 13.5. The first-order valence-electron chi connectivity index (χ1n) is 10.7. The van der Waals surface area contributed by atoms with E-state index in [-0.39, 0.29) is 28.6 Å². The van der Waals surface area contributed by atoms with Crippen molar-refractivity contribution in [1.29, 1.82) is 0 Å². The van der Waals surface area contributed by atoms with Gasteiger partial charge in [0, 0.05) is 35.3 Å². The monoisotopic (exact) mass is 508 g/mol. The molecule has 0 saturated carbocycles. The number of nitrogen functional groups attached to an aromatic ring is 1. The number of nitrogens with two attached hydrogens (primary N) is 2. The number of hydrogen-bond acceptors (Lipinski definition) is 9. The van der Waals surface area contributed by atoms with Crippen molar-refractivity contribution in [2.24, 2.45) is 17.1 Å². The minimum atomic E-state index is -0.258. The number of ether oxygens (including phenoxy) is 1. The van der Waals surface area contributed by atoms with Gasteiger partial charge in [-0.3, -0.25) is 4.79 Å². The van der Waals surface area contributed by atoms with Crippen LogP contribution in [0.15, 0.2) is 40.2 Å². The SMILES string of the molecule is CC(C)C(=O)O[C@@H]1C=C(N)C2(CCN(c3cnc(Sc4ccnc(Cl)c4Cl)c(N)n3)CC2)C1. The third-order valence-electron chi connectivity index (χ3n) is 6.12. The zero-order valence-electron chi connectivity index (χ0n) is 18.4. The van der Waals surface area contributed by atoms with Crippen LogP contribution in [0.5, 0.6) is 0 Å². The van der Waals surface area contributed by atoms with Crippen molar-refractivity contribution in [3.63, 3.8) is 0 Å². The first-order chi connectivity index (χ1) is 15.7. The molecule has 3 heterocycles. The van der Waals surface area contributed by atoms with Crippen LogP contribution in [0.4, 0.5) is 11.6 Å². The molecule has 0 aromatic carbocycles. The average Bonchev–Trinajstić information content (AvgIpc) is 3.07. The lowest BCUT2D eigenvalue weighted by Gasteiger charge is -2.40. The summed E-state index contributed by atoms with van der Waals surface area (Å²) in [6.45, 7) is 5.17. The summed E-state index contributed by atoms with van der Waals surface area (Å²) in [4.78, 5) is 27.9. The number of rotatable bonds is 5. The summed E-state index contributed by atoms with van der Waals surface area (Å²) < 4.78 is 5.60. The van der Waals surface area contributed by atoms with Gasteiger partial charge in [0.15, 0.2) is 5.82 Å². The molecule has 2 aromatic rings. The fraction of sp³-hybridized carbons (Fsp3) is 0.455. The Hall–Kier alpha value is -2.23. The van der Waals surface area contributed by atoms with Crippen molar-refractivity contribution in [1.82, 2.24) is 15.0 Å². The minimum absolute atomic E-state index is 0.148. The van der Waals surface area contributed by atoms with Crippen LogP contribution in [0, 0.1) is 11.3 Å². The molecular formula is C22H26Cl2N6O2S. The number of aromatic nitrogens is 3. The van der Waals surface area contributed by atoms with Gasteiger partial charge in [-0.25, -0.2) is 15.0 Å². The van der Waals surface area contributed by atoms with Crippen LogP contribution < -0.4 is 16.4 Å². The number of halogens is 2. The summed E-state index contributed by atoms with van der Waals surface area (Å²) in [5.41, 5.74) is 13.3. The number of esters is 1. The molecule has 4 rings (SSSR count). The summed E-state index contributed by atoms with van der Waals surface area (Å²) in [5, 5.41) is 1.14. The van der Waals surface area contributed by atoms with Crippen molar-refractivity contribution in [3.8, 4) is 0 Å². The molecule has 1 fully saturated rings. The molecule has 1 saturated heterocycles. The lowest BCUT2D eigenvalue weighted by Crippen LogP contribution is -2.42. The summed E-state index contributed by atoms with van der Waals surface area (Å²) in [6, 6.07) is 1.75. The highest BCUT2D eigenvalue weighted by Gasteiger charge is 2.44. The number of allylic oxidation sites excluding steroid dienone is 1. The van der Waals surface area contributed by atoms with Gasteiger partial charge in [-0.05, 0) is 31.4 Å². The maximum Gasteiger partial charge on any atom is 0.308 e. The van der Waals surface area contributed by atoms with Crippen LogP contribution in [0.3, 0.4) is 0 Å². The third kappa shape index (κ3) is 5.00. The summed E-state index contributed by atoms with van der Waals surface area (Å²) in [5.74, 6) is 0.684. The van der Waals surface area contributed by atoms with Gasteiger partial charge in [-0.1, -0.05) is 48.8 Å². The van der Waals surface area contributed by atoms with E-state index in [9.17, 15) is 4.79 Å². The van der Waals surface area contributed by atoms with Gasteiger partial charge >= 0.3 is 5.97 Å². The Morgan fingerprint density at radius 1 is 1.27 bits per heavy atom. The van der Waals surface area contributed by atoms with E-state index in [2.05, 4.69) is 19.9 Å². The molecular weight excluding hydrogens is 483 g/mol. The third-order valence-corrected chi connectivity index (χ3v) is 8.07. The van der Waals surface area contributed by atoms with E-state index >= 15 is 0 Å². The largest absolute Gasteiger partial charge is 0.458 e. The first kappa shape index (κ1) is 23.9. The van der Waals surface area contributed by atoms with E-state index in [0.29, 0.717) is 26.6 Å². The molecule has 1 spiro atoms. The van der Waals surface area contributed by atoms with Crippen LogP contribution >= 0.6 is 35.0 Å². The molecule has 2 aromatic heterocycles. The van der Waals surface area contributed by atoms with E-state index in [0.717, 1.165) is 38.0 Å². The van der Waals surface area contributed by atoms with Gasteiger partial charge < -0.3 is 21.1 Å². The number of hydrogen-bond donors (Lipinski definition) is 2. The first-order valence-corrected chi connectivity index (χ1v) is 12.3. The molecule has 33 heavy (non-hydrogen) atoms. The van der Waals surface area contributed by atoms with E-state index in [4.69, 9.17) is 39.4 Å². The lowest BCUT2D eigenvalue weighted by atomic mass is 9.76. The van der Waals surface area contributed by atoms with Crippen molar-refractivity contribution in [2.75, 3.05) is 23.7 Å². The van der Waals surface area contributed by atoms with Crippen LogP contribution in [-0.2, 0) is 9.53 Å². The minimum Gasteiger partial charge on any atom is -0.458 e. The van der Waals surface area contributed by atoms with Crippen LogP contribution in [0.1, 0.15) is 33.1 Å². The van der Waals surface area contributed by atoms with Crippen LogP contribution in [-0.4, -0.2) is 40.1 Å². The summed E-state index contributed by atoms with van der Waals surface area (Å²) in [7, 11) is 0. The number of carbonyl (C=O) groups excluding carboxylic acids is 1. The average molecular weight is 509 g/mol. The fourth-order valence-electron chi connectivity index (χ4n) is 4.16. The Balaban J connectivity index is 1.40. The number of anilines is 2. The lowest BCUT2D eigenvalue weighted by molar-refractivity contribution is -0.151. The van der Waals surface area contributed by atoms with E-state index in [1.807, 2.05) is 19.9 Å². The van der Waals surface area contributed by atoms with Crippen molar-refractivity contribution in [3.05, 3.63) is 40.4 Å². The predicted molar refractivity (Wildman–Crippen MR) is 130 cm³/mol. The summed E-state index contributed by atoms with van der Waals surface area (Å²) in [6.07, 6.45) is 7.35. The molecule has 176 valence electrons. The Bertz CT molecular complexity index is 1090. The number of nitrogens with zero attached hydrogens (tertiary/aromatic N) is 4. The molecule has 0 unspecified atom stereocenters. The van der Waals surface area contributed by atoms with Crippen molar-refractivity contribution in [2.45, 2.75) is 49.1 Å². The zero-order valence-corrected chi connectivity index (χ0v) is 20.8. The second kappa shape index (κ2) is 9.56. The van der Waals surface area contributed by atoms with Gasteiger partial charge in [0.05, 0.1) is 17.1 Å². The maximum atomic E-state index is 12.0. The molecule has 0 bridgehead atoms. The number of carbonyl (C=O) groups is 1. The zero-order chi connectivity index (χ0) is 23.8. The Morgan fingerprint density at radius 3 is 2.67 bits per heavy atom. The molecule has 4 N–H and O–H groups in total. The van der Waals surface area contributed by atoms with Crippen molar-refractivity contribution >= 4 is 52.6 Å². The fourth-order valence-corrected chi connectivity index (χ4v) is 5.38. The van der Waals surface area contributed by atoms with E-state index in [1.165, 1.54) is 11.8 Å². The molecule has 8 nitrogen and oxygen atoms in total. The van der Waals surface area contributed by atoms with Crippen LogP contribution in [0.25, 0.3) is 0 Å². The molecule has 11 heteroatoms. The molecule has 0 radical (unpaired) electrons. The second-order valence-corrected chi connectivity index (χ2v) is 10.4. The van der Waals surface area contributed by atoms with Gasteiger partial charge in [-0.2, -0.15) is 0 Å². The van der Waals surface area contributed by atoms with Crippen molar-refractivity contribution < 1.29 is 9.53 Å². The molecule has 1 aliphatic heterocycles.